The van der Waals surface area contributed by atoms with Crippen molar-refractivity contribution in [2.24, 2.45) is 5.73 Å². The zero-order chi connectivity index (χ0) is 9.26. The summed E-state index contributed by atoms with van der Waals surface area (Å²) in [7, 11) is 0. The van der Waals surface area contributed by atoms with E-state index in [1.54, 1.807) is 11.3 Å². The molecule has 0 aliphatic carbocycles. The Morgan fingerprint density at radius 2 is 2.38 bits per heavy atom. The van der Waals surface area contributed by atoms with Crippen LogP contribution in [0.15, 0.2) is 12.3 Å². The van der Waals surface area contributed by atoms with Crippen molar-refractivity contribution in [3.63, 3.8) is 0 Å². The van der Waals surface area contributed by atoms with Crippen LogP contribution in [0.4, 0.5) is 0 Å². The normalized spacial score (nSPS) is 10.9. The molecule has 0 aromatic carbocycles. The van der Waals surface area contributed by atoms with Crippen molar-refractivity contribution in [3.05, 3.63) is 23.0 Å². The van der Waals surface area contributed by atoms with E-state index in [0.29, 0.717) is 6.54 Å². The van der Waals surface area contributed by atoms with Gasteiger partial charge in [-0.15, -0.1) is 11.3 Å². The maximum atomic E-state index is 5.46. The number of aromatic nitrogens is 2. The molecule has 0 fully saturated rings. The van der Waals surface area contributed by atoms with E-state index in [1.165, 1.54) is 0 Å². The maximum absolute atomic E-state index is 5.46. The summed E-state index contributed by atoms with van der Waals surface area (Å²) in [4.78, 5) is 8.68. The fourth-order valence-electron chi connectivity index (χ4n) is 1.21. The quantitative estimate of drug-likeness (QED) is 0.786. The van der Waals surface area contributed by atoms with Gasteiger partial charge in [-0.3, -0.25) is 4.98 Å². The maximum Gasteiger partial charge on any atom is 0.0951 e. The van der Waals surface area contributed by atoms with Gasteiger partial charge in [-0.25, -0.2) is 4.98 Å². The van der Waals surface area contributed by atoms with E-state index in [2.05, 4.69) is 9.97 Å². The standard InChI is InChI=1S/C9H11N3S/c1-6-4-7-8(5-11-6)13-9(12-7)2-3-10/h4-5H,2-3,10H2,1H3. The van der Waals surface area contributed by atoms with Crippen molar-refractivity contribution in [1.82, 2.24) is 9.97 Å². The zero-order valence-electron chi connectivity index (χ0n) is 7.45. The predicted octanol–water partition coefficient (Wildman–Crippen LogP) is 1.50. The van der Waals surface area contributed by atoms with Crippen LogP contribution < -0.4 is 5.73 Å². The van der Waals surface area contributed by atoms with Gasteiger partial charge in [0.2, 0.25) is 0 Å². The minimum absolute atomic E-state index is 0.659. The topological polar surface area (TPSA) is 51.8 Å². The Morgan fingerprint density at radius 3 is 3.15 bits per heavy atom. The lowest BCUT2D eigenvalue weighted by Crippen LogP contribution is -2.01. The summed E-state index contributed by atoms with van der Waals surface area (Å²) in [5, 5.41) is 1.10. The highest BCUT2D eigenvalue weighted by molar-refractivity contribution is 7.18. The summed E-state index contributed by atoms with van der Waals surface area (Å²) in [6.07, 6.45) is 2.74. The van der Waals surface area contributed by atoms with Gasteiger partial charge in [0.1, 0.15) is 0 Å². The first-order valence-corrected chi connectivity index (χ1v) is 5.03. The van der Waals surface area contributed by atoms with Gasteiger partial charge in [-0.05, 0) is 19.5 Å². The van der Waals surface area contributed by atoms with Crippen LogP contribution in [0, 0.1) is 6.92 Å². The fourth-order valence-corrected chi connectivity index (χ4v) is 2.15. The van der Waals surface area contributed by atoms with Crippen molar-refractivity contribution < 1.29 is 0 Å². The van der Waals surface area contributed by atoms with Crippen LogP contribution in [0.2, 0.25) is 0 Å². The number of hydrogen-bond donors (Lipinski definition) is 1. The molecule has 68 valence electrons. The van der Waals surface area contributed by atoms with Crippen LogP contribution in [-0.2, 0) is 6.42 Å². The molecule has 3 nitrogen and oxygen atoms in total. The number of fused-ring (bicyclic) bond motifs is 1. The van der Waals surface area contributed by atoms with Gasteiger partial charge < -0.3 is 5.73 Å². The number of rotatable bonds is 2. The lowest BCUT2D eigenvalue weighted by Gasteiger charge is -1.88. The third-order valence-electron chi connectivity index (χ3n) is 1.81. The molecule has 0 aliphatic heterocycles. The predicted molar refractivity (Wildman–Crippen MR) is 54.9 cm³/mol. The SMILES string of the molecule is Cc1cc2nc(CCN)sc2cn1. The van der Waals surface area contributed by atoms with E-state index in [4.69, 9.17) is 5.73 Å². The molecule has 0 unspecified atom stereocenters. The van der Waals surface area contributed by atoms with E-state index in [0.717, 1.165) is 27.3 Å². The van der Waals surface area contributed by atoms with Crippen LogP contribution >= 0.6 is 11.3 Å². The number of thiazole rings is 1. The molecule has 13 heavy (non-hydrogen) atoms. The van der Waals surface area contributed by atoms with Crippen molar-refractivity contribution in [1.29, 1.82) is 0 Å². The van der Waals surface area contributed by atoms with E-state index < -0.39 is 0 Å². The molecule has 2 heterocycles. The third-order valence-corrected chi connectivity index (χ3v) is 2.88. The van der Waals surface area contributed by atoms with Gasteiger partial charge in [0, 0.05) is 18.3 Å². The molecule has 4 heteroatoms. The molecule has 0 amide bonds. The van der Waals surface area contributed by atoms with E-state index >= 15 is 0 Å². The molecular weight excluding hydrogens is 182 g/mol. The largest absolute Gasteiger partial charge is 0.330 e. The molecular formula is C9H11N3S. The molecule has 2 rings (SSSR count). The van der Waals surface area contributed by atoms with Gasteiger partial charge in [0.15, 0.2) is 0 Å². The monoisotopic (exact) mass is 193 g/mol. The molecule has 0 atom stereocenters. The Morgan fingerprint density at radius 1 is 1.54 bits per heavy atom. The smallest absolute Gasteiger partial charge is 0.0951 e. The first-order valence-electron chi connectivity index (χ1n) is 4.22. The molecule has 0 saturated carbocycles. The second-order valence-corrected chi connectivity index (χ2v) is 4.05. The van der Waals surface area contributed by atoms with Gasteiger partial charge in [0.05, 0.1) is 15.2 Å². The first kappa shape index (κ1) is 8.59. The minimum Gasteiger partial charge on any atom is -0.330 e. The number of aryl methyl sites for hydroxylation is 1. The molecule has 0 radical (unpaired) electrons. The van der Waals surface area contributed by atoms with Crippen molar-refractivity contribution in [3.8, 4) is 0 Å². The number of hydrogen-bond acceptors (Lipinski definition) is 4. The van der Waals surface area contributed by atoms with Crippen LogP contribution in [0.3, 0.4) is 0 Å². The van der Waals surface area contributed by atoms with Gasteiger partial charge >= 0.3 is 0 Å². The number of nitrogens with zero attached hydrogens (tertiary/aromatic N) is 2. The summed E-state index contributed by atoms with van der Waals surface area (Å²) in [5.74, 6) is 0. The van der Waals surface area contributed by atoms with Crippen LogP contribution in [0.5, 0.6) is 0 Å². The Hall–Kier alpha value is -1.00. The average molecular weight is 193 g/mol. The first-order chi connectivity index (χ1) is 6.29. The Bertz CT molecular complexity index is 422. The lowest BCUT2D eigenvalue weighted by atomic mass is 10.3. The van der Waals surface area contributed by atoms with Gasteiger partial charge in [-0.1, -0.05) is 0 Å². The number of nitrogens with two attached hydrogens (primary N) is 1. The van der Waals surface area contributed by atoms with Gasteiger partial charge in [-0.2, -0.15) is 0 Å². The molecule has 2 N–H and O–H groups in total. The second-order valence-electron chi connectivity index (χ2n) is 2.94. The summed E-state index contributed by atoms with van der Waals surface area (Å²) in [6.45, 7) is 2.63. The summed E-state index contributed by atoms with van der Waals surface area (Å²) in [6, 6.07) is 2.01. The lowest BCUT2D eigenvalue weighted by molar-refractivity contribution is 0.958. The van der Waals surface area contributed by atoms with E-state index in [1.807, 2.05) is 19.2 Å². The Kier molecular flexibility index (Phi) is 2.24. The third kappa shape index (κ3) is 1.68. The average Bonchev–Trinajstić information content (AvgIpc) is 2.46. The summed E-state index contributed by atoms with van der Waals surface area (Å²) >= 11 is 1.68. The molecule has 2 aromatic heterocycles. The highest BCUT2D eigenvalue weighted by atomic mass is 32.1. The van der Waals surface area contributed by atoms with E-state index in [-0.39, 0.29) is 0 Å². The molecule has 0 saturated heterocycles. The molecule has 0 aliphatic rings. The Balaban J connectivity index is 2.49. The van der Waals surface area contributed by atoms with Crippen LogP contribution in [0.1, 0.15) is 10.7 Å². The van der Waals surface area contributed by atoms with E-state index in [9.17, 15) is 0 Å². The highest BCUT2D eigenvalue weighted by Crippen LogP contribution is 2.21. The van der Waals surface area contributed by atoms with Crippen molar-refractivity contribution in [2.75, 3.05) is 6.54 Å². The van der Waals surface area contributed by atoms with Gasteiger partial charge in [0.25, 0.3) is 0 Å². The minimum atomic E-state index is 0.659. The van der Waals surface area contributed by atoms with Crippen LogP contribution in [0.25, 0.3) is 10.2 Å². The summed E-state index contributed by atoms with van der Waals surface area (Å²) in [5.41, 5.74) is 7.52. The van der Waals surface area contributed by atoms with Crippen molar-refractivity contribution >= 4 is 21.6 Å². The fraction of sp³-hybridized carbons (Fsp3) is 0.333. The zero-order valence-corrected chi connectivity index (χ0v) is 8.27. The highest BCUT2D eigenvalue weighted by Gasteiger charge is 2.02. The number of pyridine rings is 1. The second kappa shape index (κ2) is 3.40. The molecule has 0 bridgehead atoms. The van der Waals surface area contributed by atoms with Crippen molar-refractivity contribution in [2.45, 2.75) is 13.3 Å². The molecule has 0 spiro atoms. The molecule has 2 aromatic rings. The Labute approximate surface area is 80.6 Å². The van der Waals surface area contributed by atoms with Crippen LogP contribution in [-0.4, -0.2) is 16.5 Å². The summed E-state index contributed by atoms with van der Waals surface area (Å²) < 4.78 is 1.15.